The highest BCUT2D eigenvalue weighted by atomic mass is 19.1. The van der Waals surface area contributed by atoms with Crippen molar-refractivity contribution in [2.75, 3.05) is 13.2 Å². The lowest BCUT2D eigenvalue weighted by molar-refractivity contribution is -0.147. The Morgan fingerprint density at radius 2 is 2.15 bits per heavy atom. The van der Waals surface area contributed by atoms with Crippen molar-refractivity contribution in [1.82, 2.24) is 4.90 Å². The Morgan fingerprint density at radius 3 is 2.80 bits per heavy atom. The van der Waals surface area contributed by atoms with Gasteiger partial charge in [-0.3, -0.25) is 4.79 Å². The molecule has 1 heterocycles. The molecule has 0 spiro atoms. The molecule has 0 radical (unpaired) electrons. The van der Waals surface area contributed by atoms with Gasteiger partial charge in [0, 0.05) is 12.6 Å². The first-order valence-electron chi connectivity index (χ1n) is 6.47. The lowest BCUT2D eigenvalue weighted by Crippen LogP contribution is -2.41. The Bertz CT molecular complexity index is 533. The largest absolute Gasteiger partial charge is 0.464 e. The predicted octanol–water partition coefficient (Wildman–Crippen LogP) is 2.13. The predicted molar refractivity (Wildman–Crippen MR) is 67.0 cm³/mol. The summed E-state index contributed by atoms with van der Waals surface area (Å²) in [5.41, 5.74) is -0.234. The molecule has 0 bridgehead atoms. The van der Waals surface area contributed by atoms with Crippen molar-refractivity contribution < 1.29 is 23.1 Å². The molecule has 0 aliphatic carbocycles. The number of benzene rings is 1. The Labute approximate surface area is 115 Å². The fourth-order valence-electron chi connectivity index (χ4n) is 2.31. The average Bonchev–Trinajstić information content (AvgIpc) is 2.87. The standard InChI is InChI=1S/C14H15F2NO3/c1-2-20-14(19)12-4-3-7-17(12)13(18)10-6-5-9(15)8-11(10)16/h5-6,8,12H,2-4,7H2,1H3. The van der Waals surface area contributed by atoms with Crippen LogP contribution in [0.1, 0.15) is 30.1 Å². The smallest absolute Gasteiger partial charge is 0.328 e. The summed E-state index contributed by atoms with van der Waals surface area (Å²) in [5.74, 6) is -2.77. The van der Waals surface area contributed by atoms with Crippen LogP contribution in [-0.2, 0) is 9.53 Å². The molecule has 108 valence electrons. The molecule has 6 heteroatoms. The van der Waals surface area contributed by atoms with E-state index in [-0.39, 0.29) is 12.2 Å². The summed E-state index contributed by atoms with van der Waals surface area (Å²) in [6.45, 7) is 2.26. The number of likely N-dealkylation sites (tertiary alicyclic amines) is 1. The molecule has 1 saturated heterocycles. The molecule has 1 aromatic rings. The highest BCUT2D eigenvalue weighted by Gasteiger charge is 2.36. The zero-order valence-electron chi connectivity index (χ0n) is 11.1. The topological polar surface area (TPSA) is 46.6 Å². The van der Waals surface area contributed by atoms with Crippen LogP contribution in [0.15, 0.2) is 18.2 Å². The van der Waals surface area contributed by atoms with E-state index in [0.29, 0.717) is 25.5 Å². The Hall–Kier alpha value is -1.98. The molecule has 2 rings (SSSR count). The minimum atomic E-state index is -0.926. The monoisotopic (exact) mass is 283 g/mol. The maximum atomic E-state index is 13.6. The van der Waals surface area contributed by atoms with Gasteiger partial charge in [0.1, 0.15) is 17.7 Å². The molecule has 0 N–H and O–H groups in total. The molecule has 1 aliphatic rings. The third kappa shape index (κ3) is 2.79. The zero-order chi connectivity index (χ0) is 14.7. The van der Waals surface area contributed by atoms with Gasteiger partial charge in [-0.25, -0.2) is 13.6 Å². The zero-order valence-corrected chi connectivity index (χ0v) is 11.1. The second-order valence-electron chi connectivity index (χ2n) is 4.53. The minimum Gasteiger partial charge on any atom is -0.464 e. The van der Waals surface area contributed by atoms with E-state index in [9.17, 15) is 18.4 Å². The van der Waals surface area contributed by atoms with Crippen LogP contribution in [-0.4, -0.2) is 36.0 Å². The van der Waals surface area contributed by atoms with Gasteiger partial charge in [-0.1, -0.05) is 0 Å². The molecule has 0 saturated carbocycles. The van der Waals surface area contributed by atoms with Crippen LogP contribution in [0.2, 0.25) is 0 Å². The summed E-state index contributed by atoms with van der Waals surface area (Å²) in [4.78, 5) is 25.3. The molecule has 1 aromatic carbocycles. The van der Waals surface area contributed by atoms with Crippen LogP contribution in [0.25, 0.3) is 0 Å². The average molecular weight is 283 g/mol. The molecule has 1 aliphatic heterocycles. The van der Waals surface area contributed by atoms with Crippen molar-refractivity contribution in [3.05, 3.63) is 35.4 Å². The van der Waals surface area contributed by atoms with Gasteiger partial charge in [-0.15, -0.1) is 0 Å². The van der Waals surface area contributed by atoms with Crippen LogP contribution >= 0.6 is 0 Å². The van der Waals surface area contributed by atoms with Gasteiger partial charge in [0.05, 0.1) is 12.2 Å². The van der Waals surface area contributed by atoms with E-state index in [1.807, 2.05) is 0 Å². The van der Waals surface area contributed by atoms with Gasteiger partial charge in [0.2, 0.25) is 0 Å². The first-order chi connectivity index (χ1) is 9.54. The maximum absolute atomic E-state index is 13.6. The number of hydrogen-bond donors (Lipinski definition) is 0. The number of esters is 1. The van der Waals surface area contributed by atoms with E-state index in [2.05, 4.69) is 0 Å². The van der Waals surface area contributed by atoms with Crippen LogP contribution < -0.4 is 0 Å². The van der Waals surface area contributed by atoms with Gasteiger partial charge in [-0.2, -0.15) is 0 Å². The van der Waals surface area contributed by atoms with Gasteiger partial charge in [0.25, 0.3) is 5.91 Å². The molecule has 1 amide bonds. The normalized spacial score (nSPS) is 18.1. The maximum Gasteiger partial charge on any atom is 0.328 e. The second-order valence-corrected chi connectivity index (χ2v) is 4.53. The Morgan fingerprint density at radius 1 is 1.40 bits per heavy atom. The van der Waals surface area contributed by atoms with Gasteiger partial charge in [0.15, 0.2) is 0 Å². The molecule has 1 fully saturated rings. The minimum absolute atomic E-state index is 0.224. The third-order valence-corrected chi connectivity index (χ3v) is 3.23. The molecular formula is C14H15F2NO3. The van der Waals surface area contributed by atoms with Crippen molar-refractivity contribution in [3.63, 3.8) is 0 Å². The number of halogens is 2. The quantitative estimate of drug-likeness (QED) is 0.798. The SMILES string of the molecule is CCOC(=O)C1CCCN1C(=O)c1ccc(F)cc1F. The summed E-state index contributed by atoms with van der Waals surface area (Å²) in [5, 5.41) is 0. The number of hydrogen-bond acceptors (Lipinski definition) is 3. The van der Waals surface area contributed by atoms with E-state index in [1.54, 1.807) is 6.92 Å². The van der Waals surface area contributed by atoms with E-state index < -0.39 is 29.6 Å². The second kappa shape index (κ2) is 5.98. The number of rotatable bonds is 3. The van der Waals surface area contributed by atoms with Crippen LogP contribution in [0.5, 0.6) is 0 Å². The molecule has 1 unspecified atom stereocenters. The number of ether oxygens (including phenoxy) is 1. The summed E-state index contributed by atoms with van der Waals surface area (Å²) < 4.78 is 31.4. The van der Waals surface area contributed by atoms with E-state index in [1.165, 1.54) is 4.90 Å². The lowest BCUT2D eigenvalue weighted by Gasteiger charge is -2.23. The van der Waals surface area contributed by atoms with Crippen molar-refractivity contribution >= 4 is 11.9 Å². The number of carbonyl (C=O) groups excluding carboxylic acids is 2. The lowest BCUT2D eigenvalue weighted by atomic mass is 10.1. The van der Waals surface area contributed by atoms with Crippen molar-refractivity contribution in [2.45, 2.75) is 25.8 Å². The van der Waals surface area contributed by atoms with Crippen molar-refractivity contribution in [2.24, 2.45) is 0 Å². The first-order valence-corrected chi connectivity index (χ1v) is 6.47. The van der Waals surface area contributed by atoms with Gasteiger partial charge in [-0.05, 0) is 31.9 Å². The van der Waals surface area contributed by atoms with Crippen LogP contribution in [0.3, 0.4) is 0 Å². The van der Waals surface area contributed by atoms with Gasteiger partial charge >= 0.3 is 5.97 Å². The number of amides is 1. The summed E-state index contributed by atoms with van der Waals surface area (Å²) in [7, 11) is 0. The summed E-state index contributed by atoms with van der Waals surface area (Å²) in [6, 6.07) is 2.08. The third-order valence-electron chi connectivity index (χ3n) is 3.23. The van der Waals surface area contributed by atoms with Crippen LogP contribution in [0.4, 0.5) is 8.78 Å². The van der Waals surface area contributed by atoms with Gasteiger partial charge < -0.3 is 9.64 Å². The molecule has 4 nitrogen and oxygen atoms in total. The Kier molecular flexibility index (Phi) is 4.32. The number of carbonyl (C=O) groups is 2. The molecule has 20 heavy (non-hydrogen) atoms. The molecule has 1 atom stereocenters. The van der Waals surface area contributed by atoms with E-state index in [4.69, 9.17) is 4.74 Å². The number of nitrogens with zero attached hydrogens (tertiary/aromatic N) is 1. The fourth-order valence-corrected chi connectivity index (χ4v) is 2.31. The summed E-state index contributed by atoms with van der Waals surface area (Å²) in [6.07, 6.45) is 1.14. The Balaban J connectivity index is 2.21. The highest BCUT2D eigenvalue weighted by Crippen LogP contribution is 2.22. The van der Waals surface area contributed by atoms with Crippen molar-refractivity contribution in [1.29, 1.82) is 0 Å². The molecular weight excluding hydrogens is 268 g/mol. The van der Waals surface area contributed by atoms with E-state index in [0.717, 1.165) is 12.1 Å². The summed E-state index contributed by atoms with van der Waals surface area (Å²) >= 11 is 0. The van der Waals surface area contributed by atoms with E-state index >= 15 is 0 Å². The molecule has 0 aromatic heterocycles. The highest BCUT2D eigenvalue weighted by molar-refractivity contribution is 5.97. The first kappa shape index (κ1) is 14.4. The fraction of sp³-hybridized carbons (Fsp3) is 0.429. The van der Waals surface area contributed by atoms with Crippen LogP contribution in [0, 0.1) is 11.6 Å². The van der Waals surface area contributed by atoms with Crippen molar-refractivity contribution in [3.8, 4) is 0 Å².